The molecule has 4 rings (SSSR count). The first kappa shape index (κ1) is 23.0. The molecule has 0 bridgehead atoms. The third-order valence-corrected chi connectivity index (χ3v) is 8.82. The summed E-state index contributed by atoms with van der Waals surface area (Å²) in [5, 5.41) is 2.57. The molecule has 10 heteroatoms. The lowest BCUT2D eigenvalue weighted by molar-refractivity contribution is 0.0663. The fraction of sp³-hybridized carbons (Fsp3) is 0.500. The van der Waals surface area contributed by atoms with Gasteiger partial charge in [0.05, 0.1) is 23.4 Å². The van der Waals surface area contributed by atoms with Crippen LogP contribution in [0.1, 0.15) is 52.4 Å². The zero-order chi connectivity index (χ0) is 22.9. The minimum Gasteiger partial charge on any atom is -0.301 e. The van der Waals surface area contributed by atoms with Gasteiger partial charge in [-0.15, -0.1) is 11.3 Å². The molecule has 0 aliphatic carbocycles. The van der Waals surface area contributed by atoms with Gasteiger partial charge < -0.3 is 4.90 Å². The number of nitrogens with zero attached hydrogens (tertiary/aromatic N) is 4. The Bertz CT molecular complexity index is 1040. The topological polar surface area (TPSA) is 90.9 Å². The van der Waals surface area contributed by atoms with E-state index in [-0.39, 0.29) is 24.9 Å². The molecule has 32 heavy (non-hydrogen) atoms. The highest BCUT2D eigenvalue weighted by Crippen LogP contribution is 2.26. The van der Waals surface area contributed by atoms with Gasteiger partial charge in [-0.3, -0.25) is 14.5 Å². The van der Waals surface area contributed by atoms with E-state index in [0.717, 1.165) is 35.8 Å². The van der Waals surface area contributed by atoms with E-state index >= 15 is 0 Å². The molecule has 2 aliphatic rings. The third kappa shape index (κ3) is 4.63. The summed E-state index contributed by atoms with van der Waals surface area (Å²) in [6.07, 6.45) is 3.16. The minimum absolute atomic E-state index is 0.124. The molecular weight excluding hydrogens is 448 g/mol. The van der Waals surface area contributed by atoms with Crippen LogP contribution in [-0.2, 0) is 16.6 Å². The van der Waals surface area contributed by atoms with Crippen molar-refractivity contribution >= 4 is 33.2 Å². The van der Waals surface area contributed by atoms with Gasteiger partial charge in [-0.2, -0.15) is 4.31 Å². The summed E-state index contributed by atoms with van der Waals surface area (Å²) >= 11 is 1.43. The lowest BCUT2D eigenvalue weighted by Crippen LogP contribution is -2.50. The van der Waals surface area contributed by atoms with Crippen LogP contribution < -0.4 is 0 Å². The van der Waals surface area contributed by atoms with Crippen LogP contribution in [0.4, 0.5) is 0 Å². The Morgan fingerprint density at radius 3 is 2.28 bits per heavy atom. The number of carbonyl (C=O) groups is 2. The van der Waals surface area contributed by atoms with Gasteiger partial charge in [0.1, 0.15) is 5.01 Å². The van der Waals surface area contributed by atoms with Crippen molar-refractivity contribution in [2.24, 2.45) is 0 Å². The van der Waals surface area contributed by atoms with E-state index < -0.39 is 21.8 Å². The van der Waals surface area contributed by atoms with E-state index in [4.69, 9.17) is 0 Å². The van der Waals surface area contributed by atoms with Gasteiger partial charge >= 0.3 is 0 Å². The molecule has 2 aromatic rings. The van der Waals surface area contributed by atoms with Crippen LogP contribution in [0.3, 0.4) is 0 Å². The number of piperidine rings is 1. The van der Waals surface area contributed by atoms with Crippen molar-refractivity contribution < 1.29 is 18.0 Å². The highest BCUT2D eigenvalue weighted by molar-refractivity contribution is 7.89. The summed E-state index contributed by atoms with van der Waals surface area (Å²) in [6.45, 7) is 6.02. The summed E-state index contributed by atoms with van der Waals surface area (Å²) in [7, 11) is -3.72. The molecule has 0 atom stereocenters. The molecule has 0 spiro atoms. The second kappa shape index (κ2) is 9.38. The van der Waals surface area contributed by atoms with E-state index in [1.807, 2.05) is 5.38 Å². The number of rotatable bonds is 8. The molecule has 0 N–H and O–H groups in total. The third-order valence-electron chi connectivity index (χ3n) is 6.22. The van der Waals surface area contributed by atoms with Gasteiger partial charge in [-0.25, -0.2) is 13.4 Å². The molecule has 172 valence electrons. The summed E-state index contributed by atoms with van der Waals surface area (Å²) < 4.78 is 28.5. The molecule has 2 aliphatic heterocycles. The molecular formula is C22H28N4O4S2. The Balaban J connectivity index is 1.49. The molecule has 2 amide bonds. The number of amides is 2. The van der Waals surface area contributed by atoms with Crippen LogP contribution in [0.2, 0.25) is 0 Å². The number of sulfonamides is 1. The van der Waals surface area contributed by atoms with Gasteiger partial charge in [0.2, 0.25) is 10.0 Å². The van der Waals surface area contributed by atoms with Crippen molar-refractivity contribution in [1.82, 2.24) is 19.1 Å². The Morgan fingerprint density at radius 1 is 1.12 bits per heavy atom. The van der Waals surface area contributed by atoms with E-state index in [2.05, 4.69) is 23.7 Å². The SMILES string of the molecule is CC(C)N1CCC(N(Cc2nccs2)S(=O)(=O)CCN2C(=O)c3ccccc3C2=O)CC1. The Kier molecular flexibility index (Phi) is 6.75. The minimum atomic E-state index is -3.72. The maximum Gasteiger partial charge on any atom is 0.261 e. The number of hydrogen-bond acceptors (Lipinski definition) is 7. The molecule has 8 nitrogen and oxygen atoms in total. The van der Waals surface area contributed by atoms with Crippen molar-refractivity contribution in [2.75, 3.05) is 25.4 Å². The summed E-state index contributed by atoms with van der Waals surface area (Å²) in [5.74, 6) is -1.16. The molecule has 1 aromatic carbocycles. The molecule has 1 aromatic heterocycles. The standard InChI is InChI=1S/C22H28N4O4S2/c1-16(2)24-10-7-17(8-11-24)26(15-20-23-9-13-31-20)32(29,30)14-12-25-21(27)18-5-3-4-6-19(18)22(25)28/h3-6,9,13,16-17H,7-8,10-12,14-15H2,1-2H3. The van der Waals surface area contributed by atoms with Crippen molar-refractivity contribution in [3.05, 3.63) is 52.0 Å². The quantitative estimate of drug-likeness (QED) is 0.544. The van der Waals surface area contributed by atoms with E-state index in [1.54, 1.807) is 34.8 Å². The Labute approximate surface area is 192 Å². The molecule has 0 radical (unpaired) electrons. The normalized spacial score (nSPS) is 18.2. The van der Waals surface area contributed by atoms with E-state index in [9.17, 15) is 18.0 Å². The van der Waals surface area contributed by atoms with Crippen LogP contribution in [0.5, 0.6) is 0 Å². The van der Waals surface area contributed by atoms with Crippen LogP contribution in [0.25, 0.3) is 0 Å². The molecule has 0 unspecified atom stereocenters. The van der Waals surface area contributed by atoms with Crippen molar-refractivity contribution in [3.8, 4) is 0 Å². The fourth-order valence-corrected chi connectivity index (χ4v) is 6.70. The summed E-state index contributed by atoms with van der Waals surface area (Å²) in [4.78, 5) is 32.9. The Morgan fingerprint density at radius 2 is 1.75 bits per heavy atom. The van der Waals surface area contributed by atoms with E-state index in [1.165, 1.54) is 11.3 Å². The zero-order valence-electron chi connectivity index (χ0n) is 18.3. The number of likely N-dealkylation sites (tertiary alicyclic amines) is 1. The summed E-state index contributed by atoms with van der Waals surface area (Å²) in [5.41, 5.74) is 0.659. The van der Waals surface area contributed by atoms with Crippen LogP contribution in [0.15, 0.2) is 35.8 Å². The van der Waals surface area contributed by atoms with Gasteiger partial charge in [-0.1, -0.05) is 12.1 Å². The van der Waals surface area contributed by atoms with Crippen molar-refractivity contribution in [3.63, 3.8) is 0 Å². The second-order valence-electron chi connectivity index (χ2n) is 8.46. The number of imide groups is 1. The van der Waals surface area contributed by atoms with Gasteiger partial charge in [0.25, 0.3) is 11.8 Å². The first-order chi connectivity index (χ1) is 15.3. The number of hydrogen-bond donors (Lipinski definition) is 0. The number of benzene rings is 1. The smallest absolute Gasteiger partial charge is 0.261 e. The zero-order valence-corrected chi connectivity index (χ0v) is 19.9. The van der Waals surface area contributed by atoms with Crippen molar-refractivity contribution in [2.45, 2.75) is 45.3 Å². The molecule has 1 fully saturated rings. The van der Waals surface area contributed by atoms with Gasteiger partial charge in [0.15, 0.2) is 0 Å². The van der Waals surface area contributed by atoms with E-state index in [0.29, 0.717) is 17.2 Å². The van der Waals surface area contributed by atoms with Crippen LogP contribution in [0, 0.1) is 0 Å². The largest absolute Gasteiger partial charge is 0.301 e. The number of aromatic nitrogens is 1. The van der Waals surface area contributed by atoms with Gasteiger partial charge in [-0.05, 0) is 51.9 Å². The van der Waals surface area contributed by atoms with Crippen molar-refractivity contribution in [1.29, 1.82) is 0 Å². The average Bonchev–Trinajstić information content (AvgIpc) is 3.38. The Hall–Kier alpha value is -2.14. The monoisotopic (exact) mass is 476 g/mol. The second-order valence-corrected chi connectivity index (χ2v) is 11.5. The number of fused-ring (bicyclic) bond motifs is 1. The maximum absolute atomic E-state index is 13.5. The first-order valence-corrected chi connectivity index (χ1v) is 13.3. The first-order valence-electron chi connectivity index (χ1n) is 10.8. The molecule has 3 heterocycles. The predicted molar refractivity (Wildman–Crippen MR) is 123 cm³/mol. The number of carbonyl (C=O) groups excluding carboxylic acids is 2. The predicted octanol–water partition coefficient (Wildman–Crippen LogP) is 2.44. The lowest BCUT2D eigenvalue weighted by atomic mass is 10.0. The highest BCUT2D eigenvalue weighted by atomic mass is 32.2. The molecule has 0 saturated carbocycles. The maximum atomic E-state index is 13.5. The summed E-state index contributed by atoms with van der Waals surface area (Å²) in [6, 6.07) is 6.89. The average molecular weight is 477 g/mol. The fourth-order valence-electron chi connectivity index (χ4n) is 4.38. The number of thiazole rings is 1. The lowest BCUT2D eigenvalue weighted by Gasteiger charge is -2.39. The van der Waals surface area contributed by atoms with Crippen LogP contribution >= 0.6 is 11.3 Å². The van der Waals surface area contributed by atoms with Gasteiger partial charge in [0, 0.05) is 30.2 Å². The highest BCUT2D eigenvalue weighted by Gasteiger charge is 2.38. The van der Waals surface area contributed by atoms with Crippen LogP contribution in [-0.4, -0.2) is 76.8 Å². The molecule has 1 saturated heterocycles.